The van der Waals surface area contributed by atoms with Crippen molar-refractivity contribution in [3.8, 4) is 0 Å². The highest BCUT2D eigenvalue weighted by molar-refractivity contribution is 6.30. The first-order valence-electron chi connectivity index (χ1n) is 10.8. The molecule has 0 aromatic heterocycles. The van der Waals surface area contributed by atoms with Crippen molar-refractivity contribution in [2.24, 2.45) is 23.2 Å². The minimum absolute atomic E-state index is 0.0145. The Morgan fingerprint density at radius 2 is 1.63 bits per heavy atom. The largest absolute Gasteiger partial charge is 0.454 e. The van der Waals surface area contributed by atoms with Crippen molar-refractivity contribution in [2.75, 3.05) is 13.2 Å². The first-order chi connectivity index (χ1) is 14.3. The Morgan fingerprint density at radius 1 is 1.07 bits per heavy atom. The van der Waals surface area contributed by atoms with Crippen molar-refractivity contribution in [3.05, 3.63) is 34.9 Å². The molecule has 4 aliphatic rings. The number of nitrogens with one attached hydrogen (secondary N) is 2. The third kappa shape index (κ3) is 4.64. The molecule has 7 heteroatoms. The predicted molar refractivity (Wildman–Crippen MR) is 113 cm³/mol. The number of amides is 2. The van der Waals surface area contributed by atoms with E-state index in [9.17, 15) is 14.4 Å². The van der Waals surface area contributed by atoms with Crippen LogP contribution in [0.25, 0.3) is 0 Å². The second kappa shape index (κ2) is 8.58. The Kier molecular flexibility index (Phi) is 6.05. The number of hydrogen-bond acceptors (Lipinski definition) is 4. The quantitative estimate of drug-likeness (QED) is 0.647. The van der Waals surface area contributed by atoms with Gasteiger partial charge in [-0.1, -0.05) is 23.7 Å². The minimum Gasteiger partial charge on any atom is -0.454 e. The zero-order valence-corrected chi connectivity index (χ0v) is 18.0. The molecule has 0 heterocycles. The zero-order chi connectivity index (χ0) is 21.3. The number of rotatable bonds is 7. The zero-order valence-electron chi connectivity index (χ0n) is 17.3. The average Bonchev–Trinajstić information content (AvgIpc) is 2.70. The van der Waals surface area contributed by atoms with E-state index in [1.165, 1.54) is 19.3 Å². The second-order valence-corrected chi connectivity index (χ2v) is 9.82. The smallest absolute Gasteiger partial charge is 0.325 e. The summed E-state index contributed by atoms with van der Waals surface area (Å²) in [5.74, 6) is 1.00. The molecular formula is C23H29ClN2O4. The number of benzene rings is 1. The fourth-order valence-electron chi connectivity index (χ4n) is 6.04. The molecule has 4 fully saturated rings. The second-order valence-electron chi connectivity index (χ2n) is 9.38. The van der Waals surface area contributed by atoms with Gasteiger partial charge in [0, 0.05) is 10.4 Å². The summed E-state index contributed by atoms with van der Waals surface area (Å²) < 4.78 is 5.04. The van der Waals surface area contributed by atoms with Crippen LogP contribution in [0.1, 0.15) is 57.1 Å². The van der Waals surface area contributed by atoms with Crippen LogP contribution in [0.15, 0.2) is 24.3 Å². The monoisotopic (exact) mass is 432 g/mol. The Bertz CT molecular complexity index is 788. The van der Waals surface area contributed by atoms with E-state index in [0.717, 1.165) is 24.8 Å². The van der Waals surface area contributed by atoms with Gasteiger partial charge in [0.25, 0.3) is 5.91 Å². The number of esters is 1. The molecule has 0 spiro atoms. The lowest BCUT2D eigenvalue weighted by molar-refractivity contribution is -0.152. The molecule has 4 bridgehead atoms. The molecule has 1 atom stereocenters. The molecule has 4 aliphatic carbocycles. The summed E-state index contributed by atoms with van der Waals surface area (Å²) in [7, 11) is 0. The van der Waals surface area contributed by atoms with Crippen LogP contribution >= 0.6 is 11.6 Å². The fraction of sp³-hybridized carbons (Fsp3) is 0.609. The SMILES string of the molecule is CC(NC(=O)COC(=O)CNC(=O)C12CC3CC(CC(C3)C1)C2)c1ccc(Cl)cc1. The fourth-order valence-corrected chi connectivity index (χ4v) is 6.17. The summed E-state index contributed by atoms with van der Waals surface area (Å²) in [5, 5.41) is 6.18. The maximum absolute atomic E-state index is 12.9. The van der Waals surface area contributed by atoms with Gasteiger partial charge in [0.1, 0.15) is 6.54 Å². The van der Waals surface area contributed by atoms with Gasteiger partial charge in [-0.25, -0.2) is 0 Å². The molecule has 0 aliphatic heterocycles. The van der Waals surface area contributed by atoms with E-state index in [4.69, 9.17) is 16.3 Å². The highest BCUT2D eigenvalue weighted by Crippen LogP contribution is 2.60. The summed E-state index contributed by atoms with van der Waals surface area (Å²) in [6.07, 6.45) is 6.63. The van der Waals surface area contributed by atoms with Crippen molar-refractivity contribution in [1.82, 2.24) is 10.6 Å². The van der Waals surface area contributed by atoms with Crippen molar-refractivity contribution in [3.63, 3.8) is 0 Å². The Morgan fingerprint density at radius 3 is 2.20 bits per heavy atom. The van der Waals surface area contributed by atoms with Gasteiger partial charge in [-0.3, -0.25) is 14.4 Å². The summed E-state index contributed by atoms with van der Waals surface area (Å²) in [6, 6.07) is 6.95. The van der Waals surface area contributed by atoms with E-state index >= 15 is 0 Å². The van der Waals surface area contributed by atoms with Gasteiger partial charge in [0.05, 0.1) is 6.04 Å². The number of carbonyl (C=O) groups excluding carboxylic acids is 3. The van der Waals surface area contributed by atoms with Crippen LogP contribution in [0.4, 0.5) is 0 Å². The predicted octanol–water partition coefficient (Wildman–Crippen LogP) is 3.39. The van der Waals surface area contributed by atoms with Gasteiger partial charge in [0.15, 0.2) is 6.61 Å². The van der Waals surface area contributed by atoms with Gasteiger partial charge in [0.2, 0.25) is 5.91 Å². The third-order valence-electron chi connectivity index (χ3n) is 7.02. The van der Waals surface area contributed by atoms with Crippen LogP contribution in [0.3, 0.4) is 0 Å². The van der Waals surface area contributed by atoms with Crippen LogP contribution < -0.4 is 10.6 Å². The minimum atomic E-state index is -0.595. The molecular weight excluding hydrogens is 404 g/mol. The van der Waals surface area contributed by atoms with Gasteiger partial charge >= 0.3 is 5.97 Å². The van der Waals surface area contributed by atoms with Crippen LogP contribution in [-0.4, -0.2) is 30.9 Å². The lowest BCUT2D eigenvalue weighted by Crippen LogP contribution is -2.54. The topological polar surface area (TPSA) is 84.5 Å². The molecule has 2 N–H and O–H groups in total. The maximum Gasteiger partial charge on any atom is 0.325 e. The number of hydrogen-bond donors (Lipinski definition) is 2. The van der Waals surface area contributed by atoms with E-state index in [0.29, 0.717) is 22.8 Å². The van der Waals surface area contributed by atoms with E-state index < -0.39 is 11.9 Å². The standard InChI is InChI=1S/C23H29ClN2O4/c1-14(18-2-4-19(24)5-3-18)26-20(27)13-30-21(28)12-25-22(29)23-9-15-6-16(10-23)8-17(7-15)11-23/h2-5,14-17H,6-13H2,1H3,(H,25,29)(H,26,27). The summed E-state index contributed by atoms with van der Waals surface area (Å²) in [4.78, 5) is 37.0. The highest BCUT2D eigenvalue weighted by atomic mass is 35.5. The molecule has 1 aromatic rings. The Labute approximate surface area is 182 Å². The van der Waals surface area contributed by atoms with E-state index in [-0.39, 0.29) is 30.5 Å². The Hall–Kier alpha value is -2.08. The molecule has 30 heavy (non-hydrogen) atoms. The third-order valence-corrected chi connectivity index (χ3v) is 7.28. The summed E-state index contributed by atoms with van der Waals surface area (Å²) in [6.45, 7) is 1.28. The lowest BCUT2D eigenvalue weighted by Gasteiger charge is -2.55. The van der Waals surface area contributed by atoms with Crippen LogP contribution in [0, 0.1) is 23.2 Å². The number of ether oxygens (including phenoxy) is 1. The molecule has 2 amide bonds. The molecule has 0 radical (unpaired) electrons. The number of halogens is 1. The molecule has 162 valence electrons. The van der Waals surface area contributed by atoms with Crippen molar-refractivity contribution in [1.29, 1.82) is 0 Å². The lowest BCUT2D eigenvalue weighted by atomic mass is 9.49. The first-order valence-corrected chi connectivity index (χ1v) is 11.2. The summed E-state index contributed by atoms with van der Waals surface area (Å²) >= 11 is 5.87. The van der Waals surface area contributed by atoms with E-state index in [1.54, 1.807) is 12.1 Å². The van der Waals surface area contributed by atoms with Crippen LogP contribution in [0.5, 0.6) is 0 Å². The van der Waals surface area contributed by atoms with E-state index in [1.807, 2.05) is 19.1 Å². The normalized spacial score (nSPS) is 29.9. The average molecular weight is 433 g/mol. The molecule has 4 saturated carbocycles. The molecule has 1 unspecified atom stereocenters. The first kappa shape index (κ1) is 21.2. The van der Waals surface area contributed by atoms with Gasteiger partial charge < -0.3 is 15.4 Å². The molecule has 6 nitrogen and oxygen atoms in total. The Balaban J connectivity index is 1.19. The van der Waals surface area contributed by atoms with Gasteiger partial charge in [-0.2, -0.15) is 0 Å². The number of carbonyl (C=O) groups is 3. The highest BCUT2D eigenvalue weighted by Gasteiger charge is 2.54. The molecule has 0 saturated heterocycles. The van der Waals surface area contributed by atoms with Gasteiger partial charge in [-0.05, 0) is 80.9 Å². The maximum atomic E-state index is 12.9. The van der Waals surface area contributed by atoms with E-state index in [2.05, 4.69) is 10.6 Å². The van der Waals surface area contributed by atoms with Crippen molar-refractivity contribution >= 4 is 29.4 Å². The summed E-state index contributed by atoms with van der Waals surface area (Å²) in [5.41, 5.74) is 0.613. The van der Waals surface area contributed by atoms with Crippen LogP contribution in [-0.2, 0) is 19.1 Å². The van der Waals surface area contributed by atoms with Crippen molar-refractivity contribution in [2.45, 2.75) is 51.5 Å². The van der Waals surface area contributed by atoms with Crippen LogP contribution in [0.2, 0.25) is 5.02 Å². The molecule has 1 aromatic carbocycles. The van der Waals surface area contributed by atoms with Crippen molar-refractivity contribution < 1.29 is 19.1 Å². The molecule has 5 rings (SSSR count). The van der Waals surface area contributed by atoms with Gasteiger partial charge in [-0.15, -0.1) is 0 Å².